The maximum absolute atomic E-state index is 6.13. The van der Waals surface area contributed by atoms with Crippen molar-refractivity contribution in [3.05, 3.63) is 48.5 Å². The average molecular weight is 347 g/mol. The Kier molecular flexibility index (Phi) is 3.89. The van der Waals surface area contributed by atoms with Crippen molar-refractivity contribution in [1.29, 1.82) is 0 Å². The average Bonchev–Trinajstić information content (AvgIpc) is 3.08. The minimum absolute atomic E-state index is 0.454. The van der Waals surface area contributed by atoms with Gasteiger partial charge in [-0.15, -0.1) is 10.2 Å². The van der Waals surface area contributed by atoms with E-state index in [1.54, 1.807) is 14.2 Å². The van der Waals surface area contributed by atoms with E-state index in [1.807, 2.05) is 48.5 Å². The molecular weight excluding hydrogens is 330 g/mol. The molecule has 0 radical (unpaired) electrons. The van der Waals surface area contributed by atoms with E-state index < -0.39 is 0 Å². The smallest absolute Gasteiger partial charge is 0.205 e. The molecule has 3 N–H and O–H groups in total. The summed E-state index contributed by atoms with van der Waals surface area (Å²) >= 11 is 0. The third kappa shape index (κ3) is 2.59. The van der Waals surface area contributed by atoms with Crippen molar-refractivity contribution in [3.63, 3.8) is 0 Å². The van der Waals surface area contributed by atoms with Crippen LogP contribution >= 0.6 is 0 Å². The SMILES string of the molecule is COc1ccc(-c2nnc3n[nH]c(N)c3c2-c2ccc(OC)cc2)cc1. The van der Waals surface area contributed by atoms with Gasteiger partial charge in [0.15, 0.2) is 0 Å². The van der Waals surface area contributed by atoms with Crippen LogP contribution in [0.2, 0.25) is 0 Å². The van der Waals surface area contributed by atoms with Crippen LogP contribution in [-0.2, 0) is 0 Å². The van der Waals surface area contributed by atoms with Crippen LogP contribution in [0, 0.1) is 0 Å². The number of ether oxygens (including phenoxy) is 2. The molecule has 4 rings (SSSR count). The highest BCUT2D eigenvalue weighted by Crippen LogP contribution is 2.38. The van der Waals surface area contributed by atoms with Gasteiger partial charge in [0.1, 0.15) is 23.0 Å². The summed E-state index contributed by atoms with van der Waals surface area (Å²) in [6.07, 6.45) is 0. The lowest BCUT2D eigenvalue weighted by molar-refractivity contribution is 0.414. The van der Waals surface area contributed by atoms with Crippen molar-refractivity contribution in [2.75, 3.05) is 20.0 Å². The van der Waals surface area contributed by atoms with Gasteiger partial charge in [-0.05, 0) is 42.0 Å². The Labute approximate surface area is 149 Å². The maximum atomic E-state index is 6.13. The van der Waals surface area contributed by atoms with Crippen LogP contribution < -0.4 is 15.2 Å². The summed E-state index contributed by atoms with van der Waals surface area (Å²) in [6.45, 7) is 0. The predicted octanol–water partition coefficient (Wildman–Crippen LogP) is 3.29. The lowest BCUT2D eigenvalue weighted by Gasteiger charge is -2.11. The topological polar surface area (TPSA) is 98.9 Å². The van der Waals surface area contributed by atoms with E-state index in [0.717, 1.165) is 39.3 Å². The second-order valence-corrected chi connectivity index (χ2v) is 5.72. The van der Waals surface area contributed by atoms with Gasteiger partial charge in [-0.25, -0.2) is 0 Å². The van der Waals surface area contributed by atoms with E-state index in [-0.39, 0.29) is 0 Å². The van der Waals surface area contributed by atoms with Crippen LogP contribution in [0.3, 0.4) is 0 Å². The van der Waals surface area contributed by atoms with Gasteiger partial charge in [0.25, 0.3) is 0 Å². The Morgan fingerprint density at radius 2 is 1.38 bits per heavy atom. The highest BCUT2D eigenvalue weighted by atomic mass is 16.5. The molecule has 130 valence electrons. The second kappa shape index (κ2) is 6.36. The van der Waals surface area contributed by atoms with Crippen molar-refractivity contribution in [3.8, 4) is 33.9 Å². The minimum Gasteiger partial charge on any atom is -0.497 e. The molecule has 0 amide bonds. The van der Waals surface area contributed by atoms with E-state index in [0.29, 0.717) is 11.5 Å². The number of hydrogen-bond acceptors (Lipinski definition) is 6. The number of nitrogen functional groups attached to an aromatic ring is 1. The summed E-state index contributed by atoms with van der Waals surface area (Å²) < 4.78 is 10.5. The van der Waals surface area contributed by atoms with Crippen LogP contribution in [0.4, 0.5) is 5.82 Å². The molecule has 2 aromatic heterocycles. The van der Waals surface area contributed by atoms with Gasteiger partial charge in [-0.2, -0.15) is 5.10 Å². The zero-order valence-corrected chi connectivity index (χ0v) is 14.4. The number of aromatic nitrogens is 4. The van der Waals surface area contributed by atoms with Gasteiger partial charge in [0.2, 0.25) is 5.65 Å². The van der Waals surface area contributed by atoms with E-state index >= 15 is 0 Å². The summed E-state index contributed by atoms with van der Waals surface area (Å²) in [6, 6.07) is 15.4. The largest absolute Gasteiger partial charge is 0.497 e. The van der Waals surface area contributed by atoms with Crippen LogP contribution in [-0.4, -0.2) is 34.6 Å². The summed E-state index contributed by atoms with van der Waals surface area (Å²) in [4.78, 5) is 0. The molecule has 0 bridgehead atoms. The standard InChI is InChI=1S/C19H17N5O2/c1-25-13-7-3-11(4-8-13)15-16-18(20)22-24-19(16)23-21-17(15)12-5-9-14(26-2)10-6-12/h3-10H,1-2H3,(H3,20,22,23,24). The summed E-state index contributed by atoms with van der Waals surface area (Å²) in [7, 11) is 3.27. The Hall–Kier alpha value is -3.61. The normalized spacial score (nSPS) is 10.8. The van der Waals surface area contributed by atoms with Gasteiger partial charge in [0, 0.05) is 11.1 Å². The molecule has 0 saturated heterocycles. The first-order chi connectivity index (χ1) is 12.7. The molecule has 7 nitrogen and oxygen atoms in total. The van der Waals surface area contributed by atoms with Crippen molar-refractivity contribution < 1.29 is 9.47 Å². The number of fused-ring (bicyclic) bond motifs is 1. The number of nitrogens with two attached hydrogens (primary N) is 1. The van der Waals surface area contributed by atoms with Gasteiger partial charge < -0.3 is 15.2 Å². The van der Waals surface area contributed by atoms with Crippen molar-refractivity contribution in [2.45, 2.75) is 0 Å². The number of nitrogens with one attached hydrogen (secondary N) is 1. The summed E-state index contributed by atoms with van der Waals surface area (Å²) in [5.41, 5.74) is 10.1. The van der Waals surface area contributed by atoms with Gasteiger partial charge in [-0.3, -0.25) is 5.10 Å². The third-order valence-corrected chi connectivity index (χ3v) is 4.25. The highest BCUT2D eigenvalue weighted by Gasteiger charge is 2.18. The molecule has 26 heavy (non-hydrogen) atoms. The number of benzene rings is 2. The first kappa shape index (κ1) is 15.9. The zero-order valence-electron chi connectivity index (χ0n) is 14.4. The lowest BCUT2D eigenvalue weighted by Crippen LogP contribution is -1.96. The third-order valence-electron chi connectivity index (χ3n) is 4.25. The van der Waals surface area contributed by atoms with Gasteiger partial charge in [0.05, 0.1) is 19.6 Å². The second-order valence-electron chi connectivity index (χ2n) is 5.72. The van der Waals surface area contributed by atoms with E-state index in [4.69, 9.17) is 15.2 Å². The van der Waals surface area contributed by atoms with Crippen LogP contribution in [0.1, 0.15) is 0 Å². The lowest BCUT2D eigenvalue weighted by atomic mass is 9.97. The fourth-order valence-corrected chi connectivity index (χ4v) is 2.92. The molecule has 0 fully saturated rings. The Balaban J connectivity index is 1.98. The van der Waals surface area contributed by atoms with Crippen molar-refractivity contribution in [1.82, 2.24) is 20.4 Å². The molecule has 7 heteroatoms. The first-order valence-electron chi connectivity index (χ1n) is 8.00. The molecule has 2 aromatic carbocycles. The number of H-pyrrole nitrogens is 1. The van der Waals surface area contributed by atoms with Gasteiger partial charge >= 0.3 is 0 Å². The fraction of sp³-hybridized carbons (Fsp3) is 0.105. The number of aromatic amines is 1. The molecule has 0 unspecified atom stereocenters. The quantitative estimate of drug-likeness (QED) is 0.588. The number of anilines is 1. The molecule has 0 atom stereocenters. The maximum Gasteiger partial charge on any atom is 0.205 e. The van der Waals surface area contributed by atoms with Crippen molar-refractivity contribution in [2.24, 2.45) is 0 Å². The van der Waals surface area contributed by atoms with Crippen LogP contribution in [0.15, 0.2) is 48.5 Å². The number of methoxy groups -OCH3 is 2. The van der Waals surface area contributed by atoms with Crippen LogP contribution in [0.25, 0.3) is 33.4 Å². The van der Waals surface area contributed by atoms with Crippen LogP contribution in [0.5, 0.6) is 11.5 Å². The van der Waals surface area contributed by atoms with E-state index in [2.05, 4.69) is 20.4 Å². The van der Waals surface area contributed by atoms with E-state index in [1.165, 1.54) is 0 Å². The monoisotopic (exact) mass is 347 g/mol. The molecular formula is C19H17N5O2. The first-order valence-corrected chi connectivity index (χ1v) is 8.00. The summed E-state index contributed by atoms with van der Waals surface area (Å²) in [5.74, 6) is 2.00. The Bertz CT molecular complexity index is 1060. The molecule has 0 aliphatic heterocycles. The minimum atomic E-state index is 0.454. The molecule has 0 aliphatic carbocycles. The molecule has 4 aromatic rings. The zero-order chi connectivity index (χ0) is 18.1. The van der Waals surface area contributed by atoms with Crippen molar-refractivity contribution >= 4 is 16.9 Å². The fourth-order valence-electron chi connectivity index (χ4n) is 2.92. The Morgan fingerprint density at radius 3 is 1.96 bits per heavy atom. The summed E-state index contributed by atoms with van der Waals surface area (Å²) in [5, 5.41) is 16.3. The van der Waals surface area contributed by atoms with Gasteiger partial charge in [-0.1, -0.05) is 12.1 Å². The number of rotatable bonds is 4. The molecule has 2 heterocycles. The molecule has 0 aliphatic rings. The Morgan fingerprint density at radius 1 is 0.808 bits per heavy atom. The predicted molar refractivity (Wildman–Crippen MR) is 100 cm³/mol. The molecule has 0 spiro atoms. The molecule has 0 saturated carbocycles. The van der Waals surface area contributed by atoms with E-state index in [9.17, 15) is 0 Å². The number of nitrogens with zero attached hydrogens (tertiary/aromatic N) is 3. The highest BCUT2D eigenvalue weighted by molar-refractivity contribution is 6.04. The number of hydrogen-bond donors (Lipinski definition) is 2.